The van der Waals surface area contributed by atoms with Gasteiger partial charge in [0.25, 0.3) is 0 Å². The molecule has 0 amide bonds. The molecule has 2 rings (SSSR count). The highest BCUT2D eigenvalue weighted by molar-refractivity contribution is 9.10. The molecule has 86 valence electrons. The van der Waals surface area contributed by atoms with E-state index in [1.165, 1.54) is 4.88 Å². The summed E-state index contributed by atoms with van der Waals surface area (Å²) in [6.07, 6.45) is 2.98. The van der Waals surface area contributed by atoms with Crippen LogP contribution in [0.5, 0.6) is 0 Å². The molecule has 16 heavy (non-hydrogen) atoms. The number of rotatable bonds is 4. The third-order valence-electron chi connectivity index (χ3n) is 2.32. The fraction of sp³-hybridized carbons (Fsp3) is 0.364. The number of aromatic nitrogens is 2. The van der Waals surface area contributed by atoms with E-state index in [-0.39, 0.29) is 0 Å². The van der Waals surface area contributed by atoms with Gasteiger partial charge in [0.2, 0.25) is 0 Å². The summed E-state index contributed by atoms with van der Waals surface area (Å²) in [5.74, 6) is 0. The molecule has 0 bridgehead atoms. The lowest BCUT2D eigenvalue weighted by Gasteiger charge is -2.02. The normalized spacial score (nSPS) is 10.7. The molecular weight excluding hydrogens is 286 g/mol. The molecule has 0 fully saturated rings. The van der Waals surface area contributed by atoms with Crippen molar-refractivity contribution in [3.63, 3.8) is 0 Å². The topological polar surface area (TPSA) is 29.9 Å². The van der Waals surface area contributed by atoms with Crippen LogP contribution in [0, 0.1) is 0 Å². The summed E-state index contributed by atoms with van der Waals surface area (Å²) in [6, 6.07) is 2.14. The molecule has 1 N–H and O–H groups in total. The van der Waals surface area contributed by atoms with Crippen LogP contribution in [0.4, 0.5) is 5.69 Å². The van der Waals surface area contributed by atoms with E-state index in [4.69, 9.17) is 0 Å². The summed E-state index contributed by atoms with van der Waals surface area (Å²) in [6.45, 7) is 2.98. The van der Waals surface area contributed by atoms with Gasteiger partial charge in [-0.25, -0.2) is 0 Å². The number of thiophene rings is 1. The van der Waals surface area contributed by atoms with Crippen molar-refractivity contribution >= 4 is 33.0 Å². The Morgan fingerprint density at radius 2 is 2.38 bits per heavy atom. The Morgan fingerprint density at radius 3 is 3.00 bits per heavy atom. The molecule has 0 aromatic carbocycles. The lowest BCUT2D eigenvalue weighted by molar-refractivity contribution is 0.746. The van der Waals surface area contributed by atoms with E-state index >= 15 is 0 Å². The Kier molecular flexibility index (Phi) is 3.66. The summed E-state index contributed by atoms with van der Waals surface area (Å²) in [5.41, 5.74) is 2.26. The Labute approximate surface area is 108 Å². The predicted molar refractivity (Wildman–Crippen MR) is 71.9 cm³/mol. The zero-order valence-corrected chi connectivity index (χ0v) is 11.7. The molecule has 0 spiro atoms. The van der Waals surface area contributed by atoms with Crippen molar-refractivity contribution in [2.45, 2.75) is 19.9 Å². The molecule has 0 unspecified atom stereocenters. The SMILES string of the molecule is CCc1nn(C)cc1NCc1cc(Br)cs1. The van der Waals surface area contributed by atoms with E-state index in [9.17, 15) is 0 Å². The average molecular weight is 300 g/mol. The van der Waals surface area contributed by atoms with Gasteiger partial charge in [-0.15, -0.1) is 11.3 Å². The van der Waals surface area contributed by atoms with Crippen molar-refractivity contribution in [1.29, 1.82) is 0 Å². The highest BCUT2D eigenvalue weighted by Crippen LogP contribution is 2.21. The summed E-state index contributed by atoms with van der Waals surface area (Å²) in [7, 11) is 1.95. The van der Waals surface area contributed by atoms with Crippen LogP contribution < -0.4 is 5.32 Å². The predicted octanol–water partition coefficient (Wildman–Crippen LogP) is 3.42. The minimum absolute atomic E-state index is 0.856. The maximum atomic E-state index is 4.39. The van der Waals surface area contributed by atoms with Crippen LogP contribution in [0.25, 0.3) is 0 Å². The molecule has 5 heteroatoms. The molecule has 0 saturated heterocycles. The minimum Gasteiger partial charge on any atom is -0.377 e. The Bertz CT molecular complexity index is 475. The first-order chi connectivity index (χ1) is 7.69. The number of aryl methyl sites for hydroxylation is 2. The van der Waals surface area contributed by atoms with Crippen LogP contribution in [0.1, 0.15) is 17.5 Å². The van der Waals surface area contributed by atoms with Crippen LogP contribution in [0.2, 0.25) is 0 Å². The second-order valence-electron chi connectivity index (χ2n) is 3.60. The monoisotopic (exact) mass is 299 g/mol. The molecule has 0 saturated carbocycles. The van der Waals surface area contributed by atoms with Crippen LogP contribution in [0.3, 0.4) is 0 Å². The highest BCUT2D eigenvalue weighted by atomic mass is 79.9. The molecule has 0 aliphatic rings. The molecular formula is C11H14BrN3S. The van der Waals surface area contributed by atoms with E-state index in [2.05, 4.69) is 44.7 Å². The van der Waals surface area contributed by atoms with Crippen molar-refractivity contribution in [3.8, 4) is 0 Å². The molecule has 0 atom stereocenters. The third-order valence-corrected chi connectivity index (χ3v) is 4.01. The van der Waals surface area contributed by atoms with Gasteiger partial charge in [-0.3, -0.25) is 4.68 Å². The zero-order chi connectivity index (χ0) is 11.5. The molecule has 0 aliphatic carbocycles. The Hall–Kier alpha value is -0.810. The van der Waals surface area contributed by atoms with Gasteiger partial charge in [0.15, 0.2) is 0 Å². The summed E-state index contributed by atoms with van der Waals surface area (Å²) < 4.78 is 3.00. The van der Waals surface area contributed by atoms with Gasteiger partial charge in [-0.05, 0) is 28.4 Å². The van der Waals surface area contributed by atoms with Crippen LogP contribution >= 0.6 is 27.3 Å². The summed E-state index contributed by atoms with van der Waals surface area (Å²) in [5, 5.41) is 9.91. The minimum atomic E-state index is 0.856. The maximum absolute atomic E-state index is 4.39. The molecule has 0 aliphatic heterocycles. The van der Waals surface area contributed by atoms with Crippen LogP contribution in [-0.2, 0) is 20.0 Å². The average Bonchev–Trinajstić information content (AvgIpc) is 2.81. The molecule has 0 radical (unpaired) electrons. The smallest absolute Gasteiger partial charge is 0.0853 e. The number of nitrogens with one attached hydrogen (secondary N) is 1. The van der Waals surface area contributed by atoms with Crippen molar-refractivity contribution in [1.82, 2.24) is 9.78 Å². The van der Waals surface area contributed by atoms with Crippen molar-refractivity contribution in [3.05, 3.63) is 32.7 Å². The lowest BCUT2D eigenvalue weighted by atomic mass is 10.3. The van der Waals surface area contributed by atoms with Crippen molar-refractivity contribution in [2.75, 3.05) is 5.32 Å². The fourth-order valence-corrected chi connectivity index (χ4v) is 2.96. The third kappa shape index (κ3) is 2.65. The molecule has 3 nitrogen and oxygen atoms in total. The van der Waals surface area contributed by atoms with Gasteiger partial charge >= 0.3 is 0 Å². The number of nitrogens with zero attached hydrogens (tertiary/aromatic N) is 2. The second kappa shape index (κ2) is 5.01. The van der Waals surface area contributed by atoms with Crippen molar-refractivity contribution in [2.24, 2.45) is 7.05 Å². The van der Waals surface area contributed by atoms with E-state index in [1.807, 2.05) is 17.9 Å². The van der Waals surface area contributed by atoms with Gasteiger partial charge in [-0.1, -0.05) is 6.92 Å². The number of halogens is 1. The van der Waals surface area contributed by atoms with E-state index < -0.39 is 0 Å². The quantitative estimate of drug-likeness (QED) is 0.937. The molecule has 2 heterocycles. The molecule has 2 aromatic heterocycles. The van der Waals surface area contributed by atoms with E-state index in [0.29, 0.717) is 0 Å². The second-order valence-corrected chi connectivity index (χ2v) is 5.51. The van der Waals surface area contributed by atoms with E-state index in [0.717, 1.165) is 28.8 Å². The highest BCUT2D eigenvalue weighted by Gasteiger charge is 2.05. The summed E-state index contributed by atoms with van der Waals surface area (Å²) >= 11 is 5.21. The Balaban J connectivity index is 2.04. The van der Waals surface area contributed by atoms with E-state index in [1.54, 1.807) is 11.3 Å². The fourth-order valence-electron chi connectivity index (χ4n) is 1.57. The molecule has 2 aromatic rings. The van der Waals surface area contributed by atoms with Crippen LogP contribution in [0.15, 0.2) is 22.1 Å². The first kappa shape index (κ1) is 11.7. The van der Waals surface area contributed by atoms with Gasteiger partial charge in [0.05, 0.1) is 11.4 Å². The largest absolute Gasteiger partial charge is 0.377 e. The van der Waals surface area contributed by atoms with Gasteiger partial charge in [-0.2, -0.15) is 5.10 Å². The van der Waals surface area contributed by atoms with Crippen LogP contribution in [-0.4, -0.2) is 9.78 Å². The van der Waals surface area contributed by atoms with Gasteiger partial charge < -0.3 is 5.32 Å². The number of anilines is 1. The first-order valence-electron chi connectivity index (χ1n) is 5.18. The van der Waals surface area contributed by atoms with Gasteiger partial charge in [0.1, 0.15) is 0 Å². The van der Waals surface area contributed by atoms with Crippen molar-refractivity contribution < 1.29 is 0 Å². The maximum Gasteiger partial charge on any atom is 0.0853 e. The van der Waals surface area contributed by atoms with Gasteiger partial charge in [0, 0.05) is 34.5 Å². The first-order valence-corrected chi connectivity index (χ1v) is 6.85. The zero-order valence-electron chi connectivity index (χ0n) is 9.33. The standard InChI is InChI=1S/C11H14BrN3S/c1-3-10-11(6-15(2)14-10)13-5-9-4-8(12)7-16-9/h4,6-7,13H,3,5H2,1-2H3. The number of hydrogen-bond acceptors (Lipinski definition) is 3. The Morgan fingerprint density at radius 1 is 1.56 bits per heavy atom. The number of hydrogen-bond donors (Lipinski definition) is 1. The summed E-state index contributed by atoms with van der Waals surface area (Å²) in [4.78, 5) is 1.32. The lowest BCUT2D eigenvalue weighted by Crippen LogP contribution is -1.98.